The molecule has 0 aromatic heterocycles. The van der Waals surface area contributed by atoms with Crippen molar-refractivity contribution in [3.63, 3.8) is 0 Å². The Hall–Kier alpha value is -3.19. The van der Waals surface area contributed by atoms with E-state index in [1.807, 2.05) is 0 Å². The fraction of sp³-hybridized carbons (Fsp3) is 0.148. The van der Waals surface area contributed by atoms with Gasteiger partial charge in [0.1, 0.15) is 7.05 Å². The zero-order valence-electron chi connectivity index (χ0n) is 16.6. The Labute approximate surface area is 166 Å². The molecule has 0 spiro atoms. The molecule has 5 rings (SSSR count). The van der Waals surface area contributed by atoms with Gasteiger partial charge in [0.25, 0.3) is 0 Å². The number of hydrogen-bond acceptors (Lipinski definition) is 0. The van der Waals surface area contributed by atoms with Crippen LogP contribution < -0.4 is 0 Å². The Morgan fingerprint density at radius 3 is 2.11 bits per heavy atom. The topological polar surface area (TPSA) is 3.01 Å². The number of fused-ring (bicyclic) bond motifs is 4. The molecule has 1 nitrogen and oxygen atoms in total. The molecule has 28 heavy (non-hydrogen) atoms. The molecule has 1 aliphatic heterocycles. The van der Waals surface area contributed by atoms with E-state index in [1.54, 1.807) is 0 Å². The van der Waals surface area contributed by atoms with Crippen LogP contribution in [0.15, 0.2) is 84.9 Å². The lowest BCUT2D eigenvalue weighted by Crippen LogP contribution is -2.26. The third-order valence-corrected chi connectivity index (χ3v) is 6.14. The second-order valence-electron chi connectivity index (χ2n) is 8.15. The number of allylic oxidation sites excluding steroid dienone is 1. The van der Waals surface area contributed by atoms with Gasteiger partial charge in [-0.2, -0.15) is 4.58 Å². The fourth-order valence-corrected chi connectivity index (χ4v) is 4.76. The molecule has 0 radical (unpaired) electrons. The van der Waals surface area contributed by atoms with Crippen molar-refractivity contribution >= 4 is 39.0 Å². The van der Waals surface area contributed by atoms with Gasteiger partial charge >= 0.3 is 0 Å². The first-order chi connectivity index (χ1) is 13.6. The van der Waals surface area contributed by atoms with Gasteiger partial charge in [0.2, 0.25) is 5.69 Å². The van der Waals surface area contributed by atoms with Crippen molar-refractivity contribution < 1.29 is 4.58 Å². The van der Waals surface area contributed by atoms with E-state index >= 15 is 0 Å². The van der Waals surface area contributed by atoms with Crippen molar-refractivity contribution in [1.29, 1.82) is 0 Å². The van der Waals surface area contributed by atoms with Crippen LogP contribution in [0.5, 0.6) is 0 Å². The molecule has 0 saturated heterocycles. The highest BCUT2D eigenvalue weighted by Gasteiger charge is 2.44. The molecule has 0 N–H and O–H groups in total. The predicted molar refractivity (Wildman–Crippen MR) is 121 cm³/mol. The van der Waals surface area contributed by atoms with Gasteiger partial charge in [0.15, 0.2) is 5.71 Å². The molecule has 4 aromatic rings. The minimum absolute atomic E-state index is 0.0496. The van der Waals surface area contributed by atoms with Crippen LogP contribution in [0.25, 0.3) is 27.6 Å². The quantitative estimate of drug-likeness (QED) is 0.349. The maximum Gasteiger partial charge on any atom is 0.210 e. The van der Waals surface area contributed by atoms with Crippen molar-refractivity contribution in [3.05, 3.63) is 96.1 Å². The normalized spacial score (nSPS) is 15.7. The third kappa shape index (κ3) is 2.43. The maximum absolute atomic E-state index is 2.35. The first kappa shape index (κ1) is 16.9. The van der Waals surface area contributed by atoms with E-state index in [9.17, 15) is 0 Å². The van der Waals surface area contributed by atoms with Crippen LogP contribution in [-0.4, -0.2) is 17.3 Å². The summed E-state index contributed by atoms with van der Waals surface area (Å²) in [6.45, 7) is 4.68. The Morgan fingerprint density at radius 1 is 0.679 bits per heavy atom. The summed E-state index contributed by atoms with van der Waals surface area (Å²) in [5.74, 6) is 0. The predicted octanol–water partition coefficient (Wildman–Crippen LogP) is 6.71. The summed E-state index contributed by atoms with van der Waals surface area (Å²) in [5.41, 5.74) is 5.26. The maximum atomic E-state index is 2.35. The zero-order valence-corrected chi connectivity index (χ0v) is 16.6. The third-order valence-electron chi connectivity index (χ3n) is 6.14. The highest BCUT2D eigenvalue weighted by Crippen LogP contribution is 2.43. The van der Waals surface area contributed by atoms with E-state index in [2.05, 4.69) is 116 Å². The number of benzene rings is 4. The van der Waals surface area contributed by atoms with Gasteiger partial charge in [-0.25, -0.2) is 0 Å². The number of nitrogens with zero attached hydrogens (tertiary/aromatic N) is 1. The summed E-state index contributed by atoms with van der Waals surface area (Å²) in [6, 6.07) is 28.3. The SMILES string of the molecule is C[N+]1=C(/C=C/c2cccc3ccccc23)C(C)(C)c2c1ccc1ccccc21. The molecule has 1 heteroatoms. The minimum atomic E-state index is -0.0496. The summed E-state index contributed by atoms with van der Waals surface area (Å²) in [6.07, 6.45) is 4.57. The van der Waals surface area contributed by atoms with Crippen molar-refractivity contribution in [2.45, 2.75) is 19.3 Å². The van der Waals surface area contributed by atoms with Gasteiger partial charge in [0, 0.05) is 17.7 Å². The van der Waals surface area contributed by atoms with E-state index in [0.717, 1.165) is 0 Å². The smallest absolute Gasteiger partial charge is 0.198 e. The van der Waals surface area contributed by atoms with E-state index in [-0.39, 0.29) is 5.41 Å². The Bertz CT molecular complexity index is 1280. The van der Waals surface area contributed by atoms with Crippen LogP contribution in [-0.2, 0) is 5.41 Å². The van der Waals surface area contributed by atoms with Crippen molar-refractivity contribution in [1.82, 2.24) is 0 Å². The van der Waals surface area contributed by atoms with Crippen molar-refractivity contribution in [3.8, 4) is 0 Å². The van der Waals surface area contributed by atoms with Gasteiger partial charge in [-0.05, 0) is 53.1 Å². The van der Waals surface area contributed by atoms with Crippen LogP contribution in [0.4, 0.5) is 5.69 Å². The van der Waals surface area contributed by atoms with E-state index in [0.29, 0.717) is 0 Å². The van der Waals surface area contributed by atoms with E-state index < -0.39 is 0 Å². The van der Waals surface area contributed by atoms with Crippen LogP contribution >= 0.6 is 0 Å². The molecular weight excluding hydrogens is 338 g/mol. The Morgan fingerprint density at radius 2 is 1.32 bits per heavy atom. The standard InChI is InChI=1S/C27H24N/c1-27(2)25(18-16-20-12-8-11-19-9-4-6-13-22(19)20)28(3)24-17-15-21-10-5-7-14-23(21)26(24)27/h4-18H,1-3H3/q+1/b18-16+. The molecule has 1 aliphatic rings. The second kappa shape index (κ2) is 6.17. The van der Waals surface area contributed by atoms with Crippen LogP contribution in [0.3, 0.4) is 0 Å². The lowest BCUT2D eigenvalue weighted by atomic mass is 9.79. The summed E-state index contributed by atoms with van der Waals surface area (Å²) >= 11 is 0. The van der Waals surface area contributed by atoms with Gasteiger partial charge in [-0.1, -0.05) is 66.7 Å². The average molecular weight is 362 g/mol. The molecule has 0 aliphatic carbocycles. The Kier molecular flexibility index (Phi) is 3.73. The first-order valence-electron chi connectivity index (χ1n) is 9.86. The fourth-order valence-electron chi connectivity index (χ4n) is 4.76. The minimum Gasteiger partial charge on any atom is -0.198 e. The highest BCUT2D eigenvalue weighted by atomic mass is 15.0. The molecule has 0 fully saturated rings. The summed E-state index contributed by atoms with van der Waals surface area (Å²) in [7, 11) is 2.19. The largest absolute Gasteiger partial charge is 0.210 e. The summed E-state index contributed by atoms with van der Waals surface area (Å²) in [4.78, 5) is 0. The molecule has 0 unspecified atom stereocenters. The van der Waals surface area contributed by atoms with Crippen LogP contribution in [0, 0.1) is 0 Å². The number of rotatable bonds is 2. The second-order valence-corrected chi connectivity index (χ2v) is 8.15. The molecule has 0 saturated carbocycles. The molecule has 0 bridgehead atoms. The van der Waals surface area contributed by atoms with Gasteiger partial charge < -0.3 is 0 Å². The van der Waals surface area contributed by atoms with Crippen molar-refractivity contribution in [2.24, 2.45) is 0 Å². The molecule has 0 atom stereocenters. The monoisotopic (exact) mass is 362 g/mol. The summed E-state index contributed by atoms with van der Waals surface area (Å²) in [5, 5.41) is 5.23. The molecule has 4 aromatic carbocycles. The number of hydrogen-bond donors (Lipinski definition) is 0. The highest BCUT2D eigenvalue weighted by molar-refractivity contribution is 6.09. The first-order valence-corrected chi connectivity index (χ1v) is 9.86. The van der Waals surface area contributed by atoms with Gasteiger partial charge in [-0.15, -0.1) is 0 Å². The zero-order chi connectivity index (χ0) is 19.3. The molecule has 0 amide bonds. The van der Waals surface area contributed by atoms with Crippen LogP contribution in [0.2, 0.25) is 0 Å². The summed E-state index contributed by atoms with van der Waals surface area (Å²) < 4.78 is 2.35. The molecular formula is C27H24N+. The van der Waals surface area contributed by atoms with Crippen LogP contribution in [0.1, 0.15) is 25.0 Å². The lowest BCUT2D eigenvalue weighted by molar-refractivity contribution is -0.401. The van der Waals surface area contributed by atoms with E-state index in [1.165, 1.54) is 44.1 Å². The van der Waals surface area contributed by atoms with E-state index in [4.69, 9.17) is 0 Å². The van der Waals surface area contributed by atoms with Gasteiger partial charge in [0.05, 0.1) is 5.41 Å². The Balaban J connectivity index is 1.65. The lowest BCUT2D eigenvalue weighted by Gasteiger charge is -2.17. The average Bonchev–Trinajstić information content (AvgIpc) is 2.92. The van der Waals surface area contributed by atoms with Crippen molar-refractivity contribution in [2.75, 3.05) is 7.05 Å². The molecule has 136 valence electrons. The molecule has 1 heterocycles. The van der Waals surface area contributed by atoms with Gasteiger partial charge in [-0.3, -0.25) is 0 Å².